The fraction of sp³-hybridized carbons (Fsp3) is 0.409. The van der Waals surface area contributed by atoms with Crippen LogP contribution in [0.2, 0.25) is 0 Å². The Morgan fingerprint density at radius 1 is 1.33 bits per heavy atom. The molecule has 3 aromatic rings. The number of rotatable bonds is 6. The second-order valence-corrected chi connectivity index (χ2v) is 11.2. The average molecular weight is 461 g/mol. The third kappa shape index (κ3) is 4.40. The standard InChI is InChI=1S/C22H24N2O3S3/c1-4-27-21(26)18-14-10-9-12(2)11-17(14)29-20(18)24-19(25)13(3)28-22-23-15-7-5-6-8-16(15)30-22/h5-8,12-13H,4,9-11H2,1-3H3,(H,24,25)/t12-,13+/m1/s1. The minimum atomic E-state index is -0.341. The van der Waals surface area contributed by atoms with Crippen molar-refractivity contribution in [3.8, 4) is 0 Å². The molecule has 2 aromatic heterocycles. The van der Waals surface area contributed by atoms with E-state index in [1.54, 1.807) is 18.3 Å². The first-order valence-corrected chi connectivity index (χ1v) is 12.6. The van der Waals surface area contributed by atoms with E-state index in [4.69, 9.17) is 4.74 Å². The van der Waals surface area contributed by atoms with E-state index in [2.05, 4.69) is 17.2 Å². The monoisotopic (exact) mass is 460 g/mol. The molecule has 4 rings (SSSR count). The number of anilines is 1. The molecule has 0 bridgehead atoms. The number of ether oxygens (including phenoxy) is 1. The van der Waals surface area contributed by atoms with Gasteiger partial charge in [-0.3, -0.25) is 4.79 Å². The van der Waals surface area contributed by atoms with Crippen LogP contribution >= 0.6 is 34.4 Å². The van der Waals surface area contributed by atoms with Crippen molar-refractivity contribution in [2.75, 3.05) is 11.9 Å². The Labute approximate surface area is 188 Å². The molecule has 30 heavy (non-hydrogen) atoms. The third-order valence-corrected chi connectivity index (χ3v) is 8.55. The molecule has 158 valence electrons. The summed E-state index contributed by atoms with van der Waals surface area (Å²) in [7, 11) is 0. The van der Waals surface area contributed by atoms with Gasteiger partial charge >= 0.3 is 5.97 Å². The van der Waals surface area contributed by atoms with Gasteiger partial charge < -0.3 is 10.1 Å². The molecular formula is C22H24N2O3S3. The third-order valence-electron chi connectivity index (χ3n) is 5.15. The van der Waals surface area contributed by atoms with E-state index in [0.29, 0.717) is 23.1 Å². The number of nitrogens with zero attached hydrogens (tertiary/aromatic N) is 1. The summed E-state index contributed by atoms with van der Waals surface area (Å²) in [6, 6.07) is 7.96. The van der Waals surface area contributed by atoms with Crippen LogP contribution in [-0.2, 0) is 22.4 Å². The molecule has 0 saturated heterocycles. The summed E-state index contributed by atoms with van der Waals surface area (Å²) >= 11 is 4.55. The van der Waals surface area contributed by atoms with Gasteiger partial charge in [-0.25, -0.2) is 9.78 Å². The molecule has 1 aliphatic carbocycles. The number of nitrogens with one attached hydrogen (secondary N) is 1. The van der Waals surface area contributed by atoms with Gasteiger partial charge in [0.05, 0.1) is 27.6 Å². The SMILES string of the molecule is CCOC(=O)c1c(NC(=O)[C@H](C)Sc2nc3ccccc3s2)sc2c1CC[C@@H](C)C2. The number of aromatic nitrogens is 1. The topological polar surface area (TPSA) is 68.3 Å². The quantitative estimate of drug-likeness (QED) is 0.373. The first-order valence-electron chi connectivity index (χ1n) is 10.1. The molecule has 8 heteroatoms. The van der Waals surface area contributed by atoms with Crippen molar-refractivity contribution in [3.05, 3.63) is 40.3 Å². The summed E-state index contributed by atoms with van der Waals surface area (Å²) in [6.45, 7) is 6.21. The van der Waals surface area contributed by atoms with Gasteiger partial charge in [-0.1, -0.05) is 30.8 Å². The maximum Gasteiger partial charge on any atom is 0.341 e. The Bertz CT molecular complexity index is 1060. The lowest BCUT2D eigenvalue weighted by atomic mass is 9.88. The largest absolute Gasteiger partial charge is 0.462 e. The molecule has 2 heterocycles. The van der Waals surface area contributed by atoms with Crippen LogP contribution in [-0.4, -0.2) is 28.7 Å². The van der Waals surface area contributed by atoms with E-state index in [0.717, 1.165) is 39.4 Å². The zero-order valence-corrected chi connectivity index (χ0v) is 19.6. The second kappa shape index (κ2) is 9.08. The number of carbonyl (C=O) groups is 2. The van der Waals surface area contributed by atoms with Crippen molar-refractivity contribution in [2.24, 2.45) is 5.92 Å². The van der Waals surface area contributed by atoms with Gasteiger partial charge in [0.2, 0.25) is 5.91 Å². The van der Waals surface area contributed by atoms with E-state index in [-0.39, 0.29) is 17.1 Å². The molecule has 1 aromatic carbocycles. The van der Waals surface area contributed by atoms with Gasteiger partial charge in [0, 0.05) is 4.88 Å². The smallest absolute Gasteiger partial charge is 0.341 e. The molecule has 0 saturated carbocycles. The lowest BCUT2D eigenvalue weighted by Gasteiger charge is -2.18. The number of thiophene rings is 1. The highest BCUT2D eigenvalue weighted by Gasteiger charge is 2.30. The van der Waals surface area contributed by atoms with Gasteiger partial charge in [0.1, 0.15) is 5.00 Å². The van der Waals surface area contributed by atoms with Crippen LogP contribution in [0, 0.1) is 5.92 Å². The Balaban J connectivity index is 1.53. The fourth-order valence-electron chi connectivity index (χ4n) is 3.58. The lowest BCUT2D eigenvalue weighted by Crippen LogP contribution is -2.23. The maximum atomic E-state index is 12.9. The van der Waals surface area contributed by atoms with Crippen molar-refractivity contribution in [3.63, 3.8) is 0 Å². The number of hydrogen-bond donors (Lipinski definition) is 1. The van der Waals surface area contributed by atoms with E-state index in [9.17, 15) is 9.59 Å². The normalized spacial score (nSPS) is 16.8. The Hall–Kier alpha value is -1.90. The predicted octanol–water partition coefficient (Wildman–Crippen LogP) is 5.78. The number of thiazole rings is 1. The summed E-state index contributed by atoms with van der Waals surface area (Å²) < 4.78 is 7.27. The molecule has 0 aliphatic heterocycles. The van der Waals surface area contributed by atoms with Crippen LogP contribution in [0.3, 0.4) is 0 Å². The molecule has 5 nitrogen and oxygen atoms in total. The lowest BCUT2D eigenvalue weighted by molar-refractivity contribution is -0.115. The first-order chi connectivity index (χ1) is 14.5. The second-order valence-electron chi connectivity index (χ2n) is 7.47. The number of carbonyl (C=O) groups excluding carboxylic acids is 2. The Kier molecular flexibility index (Phi) is 6.46. The maximum absolute atomic E-state index is 12.9. The Morgan fingerprint density at radius 2 is 2.13 bits per heavy atom. The molecule has 1 N–H and O–H groups in total. The minimum Gasteiger partial charge on any atom is -0.462 e. The van der Waals surface area contributed by atoms with Crippen molar-refractivity contribution < 1.29 is 14.3 Å². The number of benzene rings is 1. The van der Waals surface area contributed by atoms with E-state index in [1.807, 2.05) is 31.2 Å². The van der Waals surface area contributed by atoms with Gasteiger partial charge in [-0.2, -0.15) is 0 Å². The summed E-state index contributed by atoms with van der Waals surface area (Å²) in [4.78, 5) is 31.4. The highest BCUT2D eigenvalue weighted by Crippen LogP contribution is 2.40. The molecule has 0 spiro atoms. The summed E-state index contributed by atoms with van der Waals surface area (Å²) in [6.07, 6.45) is 2.85. The van der Waals surface area contributed by atoms with E-state index >= 15 is 0 Å². The van der Waals surface area contributed by atoms with Crippen LogP contribution in [0.15, 0.2) is 28.6 Å². The minimum absolute atomic E-state index is 0.128. The summed E-state index contributed by atoms with van der Waals surface area (Å²) in [5.41, 5.74) is 2.55. The van der Waals surface area contributed by atoms with Crippen LogP contribution in [0.4, 0.5) is 5.00 Å². The summed E-state index contributed by atoms with van der Waals surface area (Å²) in [5.74, 6) is 0.117. The average Bonchev–Trinajstić information content (AvgIpc) is 3.27. The van der Waals surface area contributed by atoms with Gasteiger partial charge in [-0.15, -0.1) is 22.7 Å². The Morgan fingerprint density at radius 3 is 2.90 bits per heavy atom. The van der Waals surface area contributed by atoms with Crippen LogP contribution < -0.4 is 5.32 Å². The van der Waals surface area contributed by atoms with Crippen LogP contribution in [0.25, 0.3) is 10.2 Å². The van der Waals surface area contributed by atoms with Gasteiger partial charge in [0.15, 0.2) is 4.34 Å². The van der Waals surface area contributed by atoms with Crippen LogP contribution in [0.1, 0.15) is 48.0 Å². The fourth-order valence-corrected chi connectivity index (χ4v) is 7.19. The molecule has 0 fully saturated rings. The highest BCUT2D eigenvalue weighted by atomic mass is 32.2. The van der Waals surface area contributed by atoms with E-state index in [1.165, 1.54) is 28.0 Å². The van der Waals surface area contributed by atoms with E-state index < -0.39 is 0 Å². The molecule has 0 unspecified atom stereocenters. The predicted molar refractivity (Wildman–Crippen MR) is 125 cm³/mol. The highest BCUT2D eigenvalue weighted by molar-refractivity contribution is 8.02. The van der Waals surface area contributed by atoms with Crippen molar-refractivity contribution in [1.29, 1.82) is 0 Å². The zero-order chi connectivity index (χ0) is 21.3. The molecule has 2 atom stereocenters. The summed E-state index contributed by atoms with van der Waals surface area (Å²) in [5, 5.41) is 3.30. The van der Waals surface area contributed by atoms with Crippen molar-refractivity contribution in [2.45, 2.75) is 49.6 Å². The molecule has 1 amide bonds. The number of fused-ring (bicyclic) bond motifs is 2. The molecular weight excluding hydrogens is 436 g/mol. The first kappa shape index (κ1) is 21.3. The van der Waals surface area contributed by atoms with Crippen molar-refractivity contribution in [1.82, 2.24) is 4.98 Å². The zero-order valence-electron chi connectivity index (χ0n) is 17.2. The number of amides is 1. The molecule has 1 aliphatic rings. The van der Waals surface area contributed by atoms with Gasteiger partial charge in [0.25, 0.3) is 0 Å². The van der Waals surface area contributed by atoms with Crippen LogP contribution in [0.5, 0.6) is 0 Å². The number of esters is 1. The number of para-hydroxylation sites is 1. The number of thioether (sulfide) groups is 1. The van der Waals surface area contributed by atoms with Gasteiger partial charge in [-0.05, 0) is 56.7 Å². The van der Waals surface area contributed by atoms with Crippen molar-refractivity contribution >= 4 is 61.5 Å². The molecule has 0 radical (unpaired) electrons. The number of hydrogen-bond acceptors (Lipinski definition) is 7.